The maximum Gasteiger partial charge on any atom is 0.188 e. The van der Waals surface area contributed by atoms with Crippen molar-refractivity contribution >= 4 is 16.9 Å². The lowest BCUT2D eigenvalue weighted by atomic mass is 10.0. The molecule has 0 aromatic rings. The van der Waals surface area contributed by atoms with E-state index in [0.717, 1.165) is 24.5 Å². The first-order valence-electron chi connectivity index (χ1n) is 5.90. The highest BCUT2D eigenvalue weighted by molar-refractivity contribution is 8.13. The molecule has 0 aliphatic carbocycles. The van der Waals surface area contributed by atoms with Crippen molar-refractivity contribution in [3.05, 3.63) is 0 Å². The molecule has 2 heteroatoms. The van der Waals surface area contributed by atoms with E-state index in [1.807, 2.05) is 0 Å². The van der Waals surface area contributed by atoms with Gasteiger partial charge < -0.3 is 0 Å². The highest BCUT2D eigenvalue weighted by Gasteiger charge is 2.08. The molecule has 0 bridgehead atoms. The molecule has 0 saturated heterocycles. The largest absolute Gasteiger partial charge is 0.287 e. The standard InChI is InChI=1S/C12H24OS/c1-4-7-9-11(6-3)10-14-12(13)8-5-2/h11H,4-10H2,1-3H3. The SMILES string of the molecule is CCCCC(CC)CSC(=O)CCC. The molecule has 84 valence electrons. The number of unbranched alkanes of at least 4 members (excludes halogenated alkanes) is 1. The average Bonchev–Trinajstić information content (AvgIpc) is 2.19. The van der Waals surface area contributed by atoms with Gasteiger partial charge in [-0.05, 0) is 18.8 Å². The first-order valence-corrected chi connectivity index (χ1v) is 6.88. The van der Waals surface area contributed by atoms with Crippen LogP contribution in [-0.4, -0.2) is 10.9 Å². The normalized spacial score (nSPS) is 12.8. The zero-order valence-electron chi connectivity index (χ0n) is 9.84. The van der Waals surface area contributed by atoms with Crippen molar-refractivity contribution in [3.63, 3.8) is 0 Å². The van der Waals surface area contributed by atoms with E-state index < -0.39 is 0 Å². The molecule has 0 rings (SSSR count). The predicted octanol–water partition coefficient (Wildman–Crippen LogP) is 4.26. The number of rotatable bonds is 8. The Bertz CT molecular complexity index is 145. The molecule has 14 heavy (non-hydrogen) atoms. The van der Waals surface area contributed by atoms with Gasteiger partial charge >= 0.3 is 0 Å². The Labute approximate surface area is 93.0 Å². The van der Waals surface area contributed by atoms with E-state index in [0.29, 0.717) is 5.12 Å². The minimum atomic E-state index is 0.377. The van der Waals surface area contributed by atoms with Crippen LogP contribution in [0.2, 0.25) is 0 Å². The zero-order valence-corrected chi connectivity index (χ0v) is 10.7. The second-order valence-electron chi connectivity index (χ2n) is 3.85. The third-order valence-corrected chi connectivity index (χ3v) is 3.64. The summed E-state index contributed by atoms with van der Waals surface area (Å²) >= 11 is 1.55. The van der Waals surface area contributed by atoms with Crippen LogP contribution in [-0.2, 0) is 4.79 Å². The molecule has 0 heterocycles. The van der Waals surface area contributed by atoms with E-state index in [2.05, 4.69) is 20.8 Å². The quantitative estimate of drug-likeness (QED) is 0.603. The lowest BCUT2D eigenvalue weighted by Gasteiger charge is -2.12. The van der Waals surface area contributed by atoms with Crippen LogP contribution in [0, 0.1) is 5.92 Å². The van der Waals surface area contributed by atoms with Gasteiger partial charge in [-0.1, -0.05) is 51.8 Å². The van der Waals surface area contributed by atoms with Crippen molar-refractivity contribution in [3.8, 4) is 0 Å². The lowest BCUT2D eigenvalue weighted by Crippen LogP contribution is -2.04. The van der Waals surface area contributed by atoms with Crippen LogP contribution in [0.3, 0.4) is 0 Å². The van der Waals surface area contributed by atoms with Crippen LogP contribution in [0.15, 0.2) is 0 Å². The minimum absolute atomic E-state index is 0.377. The molecule has 1 nitrogen and oxygen atoms in total. The smallest absolute Gasteiger partial charge is 0.188 e. The summed E-state index contributed by atoms with van der Waals surface area (Å²) < 4.78 is 0. The Morgan fingerprint density at radius 1 is 1.21 bits per heavy atom. The number of carbonyl (C=O) groups excluding carboxylic acids is 1. The van der Waals surface area contributed by atoms with Gasteiger partial charge in [0.25, 0.3) is 0 Å². The van der Waals surface area contributed by atoms with E-state index in [1.165, 1.54) is 25.7 Å². The van der Waals surface area contributed by atoms with Crippen LogP contribution in [0.4, 0.5) is 0 Å². The van der Waals surface area contributed by atoms with Gasteiger partial charge in [0, 0.05) is 12.2 Å². The molecule has 0 aromatic carbocycles. The van der Waals surface area contributed by atoms with Gasteiger partial charge in [-0.25, -0.2) is 0 Å². The summed E-state index contributed by atoms with van der Waals surface area (Å²) in [6.07, 6.45) is 6.81. The van der Waals surface area contributed by atoms with Crippen LogP contribution >= 0.6 is 11.8 Å². The molecule has 1 atom stereocenters. The number of carbonyl (C=O) groups is 1. The highest BCUT2D eigenvalue weighted by atomic mass is 32.2. The first kappa shape index (κ1) is 14.0. The van der Waals surface area contributed by atoms with Crippen molar-refractivity contribution in [2.24, 2.45) is 5.92 Å². The van der Waals surface area contributed by atoms with Crippen LogP contribution in [0.1, 0.15) is 59.3 Å². The molecule has 0 aromatic heterocycles. The fourth-order valence-corrected chi connectivity index (χ4v) is 2.56. The summed E-state index contributed by atoms with van der Waals surface area (Å²) in [7, 11) is 0. The van der Waals surface area contributed by atoms with Gasteiger partial charge in [0.2, 0.25) is 0 Å². The van der Waals surface area contributed by atoms with Gasteiger partial charge in [-0.15, -0.1) is 0 Å². The van der Waals surface area contributed by atoms with E-state index in [1.54, 1.807) is 11.8 Å². The van der Waals surface area contributed by atoms with Crippen molar-refractivity contribution in [2.75, 3.05) is 5.75 Å². The Morgan fingerprint density at radius 3 is 2.43 bits per heavy atom. The molecule has 0 aliphatic rings. The summed E-state index contributed by atoms with van der Waals surface area (Å²) in [5.74, 6) is 1.79. The second-order valence-corrected chi connectivity index (χ2v) is 4.93. The third-order valence-electron chi connectivity index (χ3n) is 2.48. The summed E-state index contributed by atoms with van der Waals surface area (Å²) in [6, 6.07) is 0. The molecule has 0 aliphatic heterocycles. The zero-order chi connectivity index (χ0) is 10.8. The fourth-order valence-electron chi connectivity index (χ4n) is 1.39. The molecule has 1 unspecified atom stereocenters. The number of thioether (sulfide) groups is 1. The molecule has 0 saturated carbocycles. The molecule has 0 N–H and O–H groups in total. The van der Waals surface area contributed by atoms with E-state index in [4.69, 9.17) is 0 Å². The Morgan fingerprint density at radius 2 is 1.93 bits per heavy atom. The second kappa shape index (κ2) is 9.57. The van der Waals surface area contributed by atoms with Crippen molar-refractivity contribution < 1.29 is 4.79 Å². The van der Waals surface area contributed by atoms with E-state index >= 15 is 0 Å². The summed E-state index contributed by atoms with van der Waals surface area (Å²) in [5.41, 5.74) is 0. The minimum Gasteiger partial charge on any atom is -0.287 e. The molecule has 0 radical (unpaired) electrons. The average molecular weight is 216 g/mol. The molecular weight excluding hydrogens is 192 g/mol. The van der Waals surface area contributed by atoms with Crippen molar-refractivity contribution in [1.82, 2.24) is 0 Å². The fraction of sp³-hybridized carbons (Fsp3) is 0.917. The van der Waals surface area contributed by atoms with Gasteiger partial charge in [-0.3, -0.25) is 4.79 Å². The van der Waals surface area contributed by atoms with Crippen LogP contribution < -0.4 is 0 Å². The Hall–Kier alpha value is 0.0200. The molecule has 0 amide bonds. The summed E-state index contributed by atoms with van der Waals surface area (Å²) in [4.78, 5) is 11.3. The predicted molar refractivity (Wildman–Crippen MR) is 65.7 cm³/mol. The van der Waals surface area contributed by atoms with Gasteiger partial charge in [0.05, 0.1) is 0 Å². The molecule has 0 fully saturated rings. The summed E-state index contributed by atoms with van der Waals surface area (Å²) in [5, 5.41) is 0.377. The van der Waals surface area contributed by atoms with E-state index in [-0.39, 0.29) is 0 Å². The van der Waals surface area contributed by atoms with Gasteiger partial charge in [0.15, 0.2) is 5.12 Å². The van der Waals surface area contributed by atoms with E-state index in [9.17, 15) is 4.79 Å². The van der Waals surface area contributed by atoms with Crippen LogP contribution in [0.25, 0.3) is 0 Å². The maximum atomic E-state index is 11.3. The maximum absolute atomic E-state index is 11.3. The topological polar surface area (TPSA) is 17.1 Å². The third kappa shape index (κ3) is 7.43. The molecule has 0 spiro atoms. The first-order chi connectivity index (χ1) is 6.74. The Kier molecular flexibility index (Phi) is 9.58. The molecular formula is C12H24OS. The van der Waals surface area contributed by atoms with Gasteiger partial charge in [-0.2, -0.15) is 0 Å². The van der Waals surface area contributed by atoms with Crippen molar-refractivity contribution in [1.29, 1.82) is 0 Å². The van der Waals surface area contributed by atoms with Crippen LogP contribution in [0.5, 0.6) is 0 Å². The number of hydrogen-bond donors (Lipinski definition) is 0. The Balaban J connectivity index is 3.55. The summed E-state index contributed by atoms with van der Waals surface area (Å²) in [6.45, 7) is 6.51. The van der Waals surface area contributed by atoms with Crippen molar-refractivity contribution in [2.45, 2.75) is 59.3 Å². The van der Waals surface area contributed by atoms with Gasteiger partial charge in [0.1, 0.15) is 0 Å². The lowest BCUT2D eigenvalue weighted by molar-refractivity contribution is -0.111. The number of hydrogen-bond acceptors (Lipinski definition) is 2. The monoisotopic (exact) mass is 216 g/mol. The highest BCUT2D eigenvalue weighted by Crippen LogP contribution is 2.19.